The Morgan fingerprint density at radius 3 is 2.85 bits per heavy atom. The van der Waals surface area contributed by atoms with Gasteiger partial charge >= 0.3 is 0 Å². The molecule has 1 atom stereocenters. The molecule has 5 heteroatoms. The number of β-amino-alcohol motifs (C(OH)–C–C–N with tert-alkyl or cyclic N) is 1. The average Bonchev–Trinajstić information content (AvgIpc) is 2.63. The molecule has 26 heavy (non-hydrogen) atoms. The van der Waals surface area contributed by atoms with Crippen LogP contribution in [-0.2, 0) is 4.79 Å². The second-order valence-electron chi connectivity index (χ2n) is 7.97. The van der Waals surface area contributed by atoms with Crippen molar-refractivity contribution in [2.24, 2.45) is 5.41 Å². The quantitative estimate of drug-likeness (QED) is 0.846. The van der Waals surface area contributed by atoms with Gasteiger partial charge in [0.25, 0.3) is 0 Å². The molecule has 0 radical (unpaired) electrons. The minimum absolute atomic E-state index is 0.0508. The van der Waals surface area contributed by atoms with Gasteiger partial charge in [-0.25, -0.2) is 0 Å². The van der Waals surface area contributed by atoms with Crippen molar-refractivity contribution in [1.82, 2.24) is 9.80 Å². The van der Waals surface area contributed by atoms with Crippen molar-refractivity contribution in [2.45, 2.75) is 39.5 Å². The van der Waals surface area contributed by atoms with E-state index < -0.39 is 0 Å². The Morgan fingerprint density at radius 2 is 2.04 bits per heavy atom. The van der Waals surface area contributed by atoms with Crippen LogP contribution in [0.25, 0.3) is 0 Å². The summed E-state index contributed by atoms with van der Waals surface area (Å²) < 4.78 is 6.03. The zero-order chi connectivity index (χ0) is 18.6. The number of carbonyl (C=O) groups is 1. The highest BCUT2D eigenvalue weighted by Gasteiger charge is 2.41. The molecule has 3 rings (SSSR count). The highest BCUT2D eigenvalue weighted by Crippen LogP contribution is 2.38. The molecule has 2 aliphatic rings. The van der Waals surface area contributed by atoms with Gasteiger partial charge in [-0.05, 0) is 56.8 Å². The monoisotopic (exact) mass is 360 g/mol. The molecule has 1 amide bonds. The number of amides is 1. The lowest BCUT2D eigenvalue weighted by molar-refractivity contribution is -0.140. The van der Waals surface area contributed by atoms with E-state index in [1.165, 1.54) is 24.0 Å². The van der Waals surface area contributed by atoms with Crippen LogP contribution in [-0.4, -0.2) is 66.8 Å². The Morgan fingerprint density at radius 1 is 1.19 bits per heavy atom. The number of rotatable bonds is 6. The Kier molecular flexibility index (Phi) is 6.20. The van der Waals surface area contributed by atoms with Crippen molar-refractivity contribution < 1.29 is 14.6 Å². The second-order valence-corrected chi connectivity index (χ2v) is 7.97. The Bertz CT molecular complexity index is 634. The molecule has 1 spiro atoms. The number of carbonyl (C=O) groups excluding carboxylic acids is 1. The van der Waals surface area contributed by atoms with Crippen LogP contribution in [0.2, 0.25) is 0 Å². The number of ether oxygens (including phenoxy) is 1. The van der Waals surface area contributed by atoms with Gasteiger partial charge in [-0.1, -0.05) is 12.1 Å². The van der Waals surface area contributed by atoms with Gasteiger partial charge in [0.05, 0.1) is 6.61 Å². The van der Waals surface area contributed by atoms with Gasteiger partial charge in [0.1, 0.15) is 12.4 Å². The molecule has 1 N–H and O–H groups in total. The third kappa shape index (κ3) is 4.38. The van der Waals surface area contributed by atoms with Crippen LogP contribution in [0.3, 0.4) is 0 Å². The molecule has 1 aromatic carbocycles. The van der Waals surface area contributed by atoms with Crippen LogP contribution < -0.4 is 4.74 Å². The second kappa shape index (κ2) is 8.40. The lowest BCUT2D eigenvalue weighted by Crippen LogP contribution is -2.54. The summed E-state index contributed by atoms with van der Waals surface area (Å²) in [7, 11) is 0. The lowest BCUT2D eigenvalue weighted by atomic mass is 9.73. The zero-order valence-electron chi connectivity index (χ0n) is 16.2. The first-order valence-electron chi connectivity index (χ1n) is 9.83. The van der Waals surface area contributed by atoms with E-state index >= 15 is 0 Å². The fourth-order valence-corrected chi connectivity index (χ4v) is 4.43. The van der Waals surface area contributed by atoms with E-state index in [-0.39, 0.29) is 17.9 Å². The fourth-order valence-electron chi connectivity index (χ4n) is 4.43. The van der Waals surface area contributed by atoms with Crippen LogP contribution in [0.5, 0.6) is 5.75 Å². The van der Waals surface area contributed by atoms with Gasteiger partial charge < -0.3 is 14.7 Å². The summed E-state index contributed by atoms with van der Waals surface area (Å²) in [6, 6.07) is 6.20. The maximum atomic E-state index is 12.1. The summed E-state index contributed by atoms with van der Waals surface area (Å²) in [6.45, 7) is 9.27. The molecule has 2 aliphatic heterocycles. The number of piperidine rings is 2. The molecule has 2 saturated heterocycles. The van der Waals surface area contributed by atoms with E-state index in [0.717, 1.165) is 38.3 Å². The lowest BCUT2D eigenvalue weighted by Gasteiger charge is -2.48. The molecule has 0 bridgehead atoms. The van der Waals surface area contributed by atoms with Crippen LogP contribution in [0.1, 0.15) is 36.8 Å². The third-order valence-corrected chi connectivity index (χ3v) is 6.08. The number of hydrogen-bond donors (Lipinski definition) is 1. The molecule has 2 heterocycles. The van der Waals surface area contributed by atoms with Gasteiger partial charge in [0.15, 0.2) is 0 Å². The molecule has 2 fully saturated rings. The zero-order valence-corrected chi connectivity index (χ0v) is 16.2. The first kappa shape index (κ1) is 19.2. The Balaban J connectivity index is 1.53. The van der Waals surface area contributed by atoms with E-state index in [0.29, 0.717) is 19.6 Å². The van der Waals surface area contributed by atoms with Crippen molar-refractivity contribution in [1.29, 1.82) is 0 Å². The van der Waals surface area contributed by atoms with Crippen molar-refractivity contribution >= 4 is 5.91 Å². The highest BCUT2D eigenvalue weighted by atomic mass is 16.5. The summed E-state index contributed by atoms with van der Waals surface area (Å²) in [4.78, 5) is 16.4. The summed E-state index contributed by atoms with van der Waals surface area (Å²) in [6.07, 6.45) is 3.94. The molecule has 5 nitrogen and oxygen atoms in total. The van der Waals surface area contributed by atoms with Crippen molar-refractivity contribution in [3.63, 3.8) is 0 Å². The SMILES string of the molecule is Cc1cccc(OCCN2CCC[C@@]3(CCC(=O)N(CCO)C3)C2)c1C. The van der Waals surface area contributed by atoms with Crippen LogP contribution in [0, 0.1) is 19.3 Å². The van der Waals surface area contributed by atoms with Gasteiger partial charge in [0, 0.05) is 38.0 Å². The third-order valence-electron chi connectivity index (χ3n) is 6.08. The Labute approximate surface area is 156 Å². The summed E-state index contributed by atoms with van der Waals surface area (Å²) in [5, 5.41) is 9.22. The predicted octanol–water partition coefficient (Wildman–Crippen LogP) is 2.38. The minimum atomic E-state index is 0.0508. The molecule has 0 aliphatic carbocycles. The summed E-state index contributed by atoms with van der Waals surface area (Å²) in [5.41, 5.74) is 2.67. The van der Waals surface area contributed by atoms with Crippen molar-refractivity contribution in [3.8, 4) is 5.75 Å². The average molecular weight is 360 g/mol. The standard InChI is InChI=1S/C21H32N2O3/c1-17-5-3-6-19(18(17)2)26-14-12-22-10-4-8-21(15-22)9-7-20(25)23(16-21)11-13-24/h3,5-6,24H,4,7-16H2,1-2H3/t21-/m1/s1. The topological polar surface area (TPSA) is 53.0 Å². The summed E-state index contributed by atoms with van der Waals surface area (Å²) in [5.74, 6) is 1.18. The van der Waals surface area contributed by atoms with E-state index in [1.807, 2.05) is 17.0 Å². The van der Waals surface area contributed by atoms with Crippen LogP contribution >= 0.6 is 0 Å². The van der Waals surface area contributed by atoms with E-state index in [1.54, 1.807) is 0 Å². The van der Waals surface area contributed by atoms with Gasteiger partial charge in [0.2, 0.25) is 5.91 Å². The number of nitrogens with zero attached hydrogens (tertiary/aromatic N) is 2. The largest absolute Gasteiger partial charge is 0.492 e. The van der Waals surface area contributed by atoms with E-state index in [9.17, 15) is 9.90 Å². The molecule has 0 aromatic heterocycles. The predicted molar refractivity (Wildman–Crippen MR) is 102 cm³/mol. The molecular formula is C21H32N2O3. The highest BCUT2D eigenvalue weighted by molar-refractivity contribution is 5.77. The molecule has 1 aromatic rings. The first-order valence-corrected chi connectivity index (χ1v) is 9.83. The smallest absolute Gasteiger partial charge is 0.222 e. The van der Waals surface area contributed by atoms with Gasteiger partial charge in [-0.2, -0.15) is 0 Å². The van der Waals surface area contributed by atoms with Crippen molar-refractivity contribution in [3.05, 3.63) is 29.3 Å². The Hall–Kier alpha value is -1.59. The van der Waals surface area contributed by atoms with Gasteiger partial charge in [-0.15, -0.1) is 0 Å². The summed E-state index contributed by atoms with van der Waals surface area (Å²) >= 11 is 0. The number of benzene rings is 1. The van der Waals surface area contributed by atoms with E-state index in [2.05, 4.69) is 24.8 Å². The normalized spacial score (nSPS) is 24.3. The van der Waals surface area contributed by atoms with Crippen LogP contribution in [0.15, 0.2) is 18.2 Å². The number of aliphatic hydroxyl groups is 1. The first-order chi connectivity index (χ1) is 12.5. The molecule has 0 unspecified atom stereocenters. The molecular weight excluding hydrogens is 328 g/mol. The number of aliphatic hydroxyl groups excluding tert-OH is 1. The number of likely N-dealkylation sites (tertiary alicyclic amines) is 2. The van der Waals surface area contributed by atoms with Crippen molar-refractivity contribution in [2.75, 3.05) is 45.9 Å². The maximum Gasteiger partial charge on any atom is 0.222 e. The number of aryl methyl sites for hydroxylation is 1. The maximum absolute atomic E-state index is 12.1. The molecule has 0 saturated carbocycles. The van der Waals surface area contributed by atoms with E-state index in [4.69, 9.17) is 4.74 Å². The van der Waals surface area contributed by atoms with Gasteiger partial charge in [-0.3, -0.25) is 9.69 Å². The number of hydrogen-bond acceptors (Lipinski definition) is 4. The fraction of sp³-hybridized carbons (Fsp3) is 0.667. The van der Waals surface area contributed by atoms with Crippen LogP contribution in [0.4, 0.5) is 0 Å². The molecule has 144 valence electrons. The minimum Gasteiger partial charge on any atom is -0.492 e.